The van der Waals surface area contributed by atoms with Gasteiger partial charge >= 0.3 is 0 Å². The van der Waals surface area contributed by atoms with E-state index in [9.17, 15) is 13.6 Å². The molecule has 2 aromatic carbocycles. The molecule has 0 fully saturated rings. The van der Waals surface area contributed by atoms with Gasteiger partial charge in [0.2, 0.25) is 5.13 Å². The summed E-state index contributed by atoms with van der Waals surface area (Å²) in [7, 11) is 0. The van der Waals surface area contributed by atoms with Crippen molar-refractivity contribution in [1.29, 1.82) is 0 Å². The summed E-state index contributed by atoms with van der Waals surface area (Å²) in [5.41, 5.74) is 0.798. The molecular weight excluding hydrogens is 388 g/mol. The first kappa shape index (κ1) is 15.7. The van der Waals surface area contributed by atoms with Gasteiger partial charge in [-0.15, -0.1) is 0 Å². The first-order valence-electron chi connectivity index (χ1n) is 6.38. The van der Waals surface area contributed by atoms with Crippen LogP contribution in [-0.4, -0.2) is 15.3 Å². The highest BCUT2D eigenvalue weighted by atomic mass is 79.9. The number of hydrogen-bond donors (Lipinski definition) is 1. The van der Waals surface area contributed by atoms with Crippen molar-refractivity contribution in [2.75, 3.05) is 5.32 Å². The van der Waals surface area contributed by atoms with Crippen LogP contribution in [0.3, 0.4) is 0 Å². The third kappa shape index (κ3) is 3.77. The second-order valence-electron chi connectivity index (χ2n) is 4.54. The standard InChI is InChI=1S/C15H8BrF2N3OS/c16-10-5-9(6-12(18)7-10)14(22)20-15-19-13(21-23-15)8-1-3-11(17)4-2-8/h1-7H,(H,19,20,21,22). The Morgan fingerprint density at radius 2 is 1.83 bits per heavy atom. The molecule has 0 saturated heterocycles. The lowest BCUT2D eigenvalue weighted by Crippen LogP contribution is -2.12. The van der Waals surface area contributed by atoms with E-state index < -0.39 is 11.7 Å². The Hall–Kier alpha value is -2.19. The van der Waals surface area contributed by atoms with Crippen molar-refractivity contribution < 1.29 is 13.6 Å². The van der Waals surface area contributed by atoms with Gasteiger partial charge in [0.1, 0.15) is 11.6 Å². The average molecular weight is 396 g/mol. The number of rotatable bonds is 3. The van der Waals surface area contributed by atoms with Crippen LogP contribution in [0.4, 0.5) is 13.9 Å². The highest BCUT2D eigenvalue weighted by Crippen LogP contribution is 2.22. The minimum absolute atomic E-state index is 0.162. The number of halogens is 3. The third-order valence-electron chi connectivity index (χ3n) is 2.87. The molecule has 0 atom stereocenters. The van der Waals surface area contributed by atoms with E-state index in [1.54, 1.807) is 12.1 Å². The molecule has 0 aliphatic rings. The first-order chi connectivity index (χ1) is 11.0. The van der Waals surface area contributed by atoms with Crippen molar-refractivity contribution in [3.8, 4) is 11.4 Å². The number of carbonyl (C=O) groups is 1. The lowest BCUT2D eigenvalue weighted by Gasteiger charge is -2.02. The minimum atomic E-state index is -0.520. The largest absolute Gasteiger partial charge is 0.297 e. The van der Waals surface area contributed by atoms with Gasteiger partial charge in [0.15, 0.2) is 5.82 Å². The average Bonchev–Trinajstić information content (AvgIpc) is 2.95. The molecule has 0 bridgehead atoms. The van der Waals surface area contributed by atoms with Gasteiger partial charge in [0, 0.05) is 27.1 Å². The van der Waals surface area contributed by atoms with Gasteiger partial charge in [0.25, 0.3) is 5.91 Å². The second-order valence-corrected chi connectivity index (χ2v) is 6.21. The molecule has 0 spiro atoms. The Bertz CT molecular complexity index is 847. The smallest absolute Gasteiger partial charge is 0.257 e. The summed E-state index contributed by atoms with van der Waals surface area (Å²) < 4.78 is 30.8. The fourth-order valence-electron chi connectivity index (χ4n) is 1.84. The molecule has 1 amide bonds. The van der Waals surface area contributed by atoms with E-state index in [1.807, 2.05) is 0 Å². The van der Waals surface area contributed by atoms with Crippen LogP contribution in [0.25, 0.3) is 11.4 Å². The van der Waals surface area contributed by atoms with Crippen molar-refractivity contribution in [3.63, 3.8) is 0 Å². The maximum absolute atomic E-state index is 13.3. The fraction of sp³-hybridized carbons (Fsp3) is 0. The van der Waals surface area contributed by atoms with Gasteiger partial charge in [0.05, 0.1) is 0 Å². The van der Waals surface area contributed by atoms with Crippen LogP contribution in [0.2, 0.25) is 0 Å². The molecule has 0 aliphatic carbocycles. The van der Waals surface area contributed by atoms with E-state index in [2.05, 4.69) is 30.6 Å². The summed E-state index contributed by atoms with van der Waals surface area (Å²) in [5, 5.41) is 2.83. The van der Waals surface area contributed by atoms with Crippen LogP contribution in [0.15, 0.2) is 46.9 Å². The lowest BCUT2D eigenvalue weighted by molar-refractivity contribution is 0.102. The third-order valence-corrected chi connectivity index (χ3v) is 3.96. The predicted molar refractivity (Wildman–Crippen MR) is 87.4 cm³/mol. The molecule has 1 N–H and O–H groups in total. The highest BCUT2D eigenvalue weighted by molar-refractivity contribution is 9.10. The van der Waals surface area contributed by atoms with Gasteiger partial charge in [-0.2, -0.15) is 9.36 Å². The van der Waals surface area contributed by atoms with Gasteiger partial charge in [-0.25, -0.2) is 8.78 Å². The van der Waals surface area contributed by atoms with Crippen molar-refractivity contribution >= 4 is 38.5 Å². The van der Waals surface area contributed by atoms with Gasteiger partial charge in [-0.05, 0) is 42.5 Å². The zero-order chi connectivity index (χ0) is 16.4. The summed E-state index contributed by atoms with van der Waals surface area (Å²) in [6.45, 7) is 0. The van der Waals surface area contributed by atoms with Crippen LogP contribution >= 0.6 is 27.5 Å². The Labute approximate surface area is 142 Å². The van der Waals surface area contributed by atoms with Crippen molar-refractivity contribution in [3.05, 3.63) is 64.1 Å². The molecule has 8 heteroatoms. The number of hydrogen-bond acceptors (Lipinski definition) is 4. The Morgan fingerprint density at radius 3 is 2.52 bits per heavy atom. The van der Waals surface area contributed by atoms with E-state index in [-0.39, 0.29) is 16.5 Å². The molecule has 0 saturated carbocycles. The Morgan fingerprint density at radius 1 is 1.09 bits per heavy atom. The summed E-state index contributed by atoms with van der Waals surface area (Å²) in [6, 6.07) is 9.59. The molecule has 0 unspecified atom stereocenters. The number of carbonyl (C=O) groups excluding carboxylic acids is 1. The predicted octanol–water partition coefficient (Wildman–Crippen LogP) is 4.50. The van der Waals surface area contributed by atoms with Gasteiger partial charge in [-0.3, -0.25) is 10.1 Å². The topological polar surface area (TPSA) is 54.9 Å². The molecule has 1 heterocycles. The van der Waals surface area contributed by atoms with E-state index in [0.29, 0.717) is 15.9 Å². The normalized spacial score (nSPS) is 10.6. The first-order valence-corrected chi connectivity index (χ1v) is 7.95. The molecule has 3 aromatic rings. The van der Waals surface area contributed by atoms with E-state index in [4.69, 9.17) is 0 Å². The van der Waals surface area contributed by atoms with E-state index in [1.165, 1.54) is 24.3 Å². The molecular formula is C15H8BrF2N3OS. The number of aromatic nitrogens is 2. The molecule has 0 radical (unpaired) electrons. The number of amides is 1. The minimum Gasteiger partial charge on any atom is -0.297 e. The molecule has 1 aromatic heterocycles. The van der Waals surface area contributed by atoms with Gasteiger partial charge in [-0.1, -0.05) is 15.9 Å². The quantitative estimate of drug-likeness (QED) is 0.710. The van der Waals surface area contributed by atoms with Gasteiger partial charge < -0.3 is 0 Å². The van der Waals surface area contributed by atoms with Crippen molar-refractivity contribution in [1.82, 2.24) is 9.36 Å². The monoisotopic (exact) mass is 395 g/mol. The van der Waals surface area contributed by atoms with Crippen molar-refractivity contribution in [2.45, 2.75) is 0 Å². The van der Waals surface area contributed by atoms with Crippen molar-refractivity contribution in [2.24, 2.45) is 0 Å². The van der Waals surface area contributed by atoms with Crippen LogP contribution < -0.4 is 5.32 Å². The molecule has 3 rings (SSSR count). The summed E-state index contributed by atoms with van der Waals surface area (Å²) >= 11 is 4.12. The summed E-state index contributed by atoms with van der Waals surface area (Å²) in [5.74, 6) is -0.985. The number of benzene rings is 2. The van der Waals surface area contributed by atoms with Crippen LogP contribution in [0, 0.1) is 11.6 Å². The second kappa shape index (κ2) is 6.51. The number of nitrogens with one attached hydrogen (secondary N) is 1. The van der Waals surface area contributed by atoms with E-state index in [0.717, 1.165) is 17.6 Å². The zero-order valence-corrected chi connectivity index (χ0v) is 13.8. The number of nitrogens with zero attached hydrogens (tertiary/aromatic N) is 2. The summed E-state index contributed by atoms with van der Waals surface area (Å²) in [6.07, 6.45) is 0. The zero-order valence-electron chi connectivity index (χ0n) is 11.4. The fourth-order valence-corrected chi connectivity index (χ4v) is 2.89. The molecule has 4 nitrogen and oxygen atoms in total. The SMILES string of the molecule is O=C(Nc1nc(-c2ccc(F)cc2)ns1)c1cc(F)cc(Br)c1. The van der Waals surface area contributed by atoms with Crippen LogP contribution in [0.1, 0.15) is 10.4 Å². The van der Waals surface area contributed by atoms with Crippen LogP contribution in [-0.2, 0) is 0 Å². The lowest BCUT2D eigenvalue weighted by atomic mass is 10.2. The van der Waals surface area contributed by atoms with Crippen LogP contribution in [0.5, 0.6) is 0 Å². The molecule has 23 heavy (non-hydrogen) atoms. The number of anilines is 1. The maximum atomic E-state index is 13.3. The Kier molecular flexibility index (Phi) is 4.44. The maximum Gasteiger partial charge on any atom is 0.257 e. The Balaban J connectivity index is 1.78. The van der Waals surface area contributed by atoms with E-state index >= 15 is 0 Å². The highest BCUT2D eigenvalue weighted by Gasteiger charge is 2.12. The summed E-state index contributed by atoms with van der Waals surface area (Å²) in [4.78, 5) is 16.3. The molecule has 0 aliphatic heterocycles. The molecule has 116 valence electrons.